The van der Waals surface area contributed by atoms with E-state index in [1.54, 1.807) is 0 Å². The molecule has 5 heteroatoms. The van der Waals surface area contributed by atoms with Crippen molar-refractivity contribution in [1.29, 1.82) is 0 Å². The Labute approximate surface area is 94.0 Å². The quantitative estimate of drug-likeness (QED) is 0.564. The highest BCUT2D eigenvalue weighted by atomic mass is 16.6. The SMILES string of the molecule is C=C(C(=O)OC1CCCCOC1=O)C(C)O. The van der Waals surface area contributed by atoms with E-state index in [4.69, 9.17) is 14.6 Å². The van der Waals surface area contributed by atoms with E-state index in [0.717, 1.165) is 12.8 Å². The molecule has 1 heterocycles. The molecule has 2 unspecified atom stereocenters. The molecular weight excluding hydrogens is 212 g/mol. The topological polar surface area (TPSA) is 72.8 Å². The van der Waals surface area contributed by atoms with E-state index < -0.39 is 24.1 Å². The molecule has 0 aliphatic carbocycles. The van der Waals surface area contributed by atoms with Crippen LogP contribution < -0.4 is 0 Å². The summed E-state index contributed by atoms with van der Waals surface area (Å²) in [5, 5.41) is 9.13. The molecule has 90 valence electrons. The summed E-state index contributed by atoms with van der Waals surface area (Å²) in [7, 11) is 0. The van der Waals surface area contributed by atoms with Crippen LogP contribution in [-0.2, 0) is 19.1 Å². The molecule has 0 saturated carbocycles. The zero-order valence-corrected chi connectivity index (χ0v) is 9.27. The molecule has 0 spiro atoms. The summed E-state index contributed by atoms with van der Waals surface area (Å²) >= 11 is 0. The van der Waals surface area contributed by atoms with E-state index in [-0.39, 0.29) is 5.57 Å². The first-order valence-electron chi connectivity index (χ1n) is 5.27. The van der Waals surface area contributed by atoms with Crippen LogP contribution in [0.5, 0.6) is 0 Å². The maximum absolute atomic E-state index is 11.4. The Morgan fingerprint density at radius 2 is 2.31 bits per heavy atom. The van der Waals surface area contributed by atoms with Gasteiger partial charge in [-0.25, -0.2) is 9.59 Å². The number of carbonyl (C=O) groups is 2. The number of esters is 2. The molecule has 1 aliphatic rings. The fourth-order valence-electron chi connectivity index (χ4n) is 1.30. The largest absolute Gasteiger partial charge is 0.463 e. The van der Waals surface area contributed by atoms with Gasteiger partial charge in [0.2, 0.25) is 0 Å². The number of aliphatic hydroxyl groups excluding tert-OH is 1. The molecule has 1 saturated heterocycles. The smallest absolute Gasteiger partial charge is 0.347 e. The first kappa shape index (κ1) is 12.7. The van der Waals surface area contributed by atoms with Crippen molar-refractivity contribution >= 4 is 11.9 Å². The first-order chi connectivity index (χ1) is 7.52. The van der Waals surface area contributed by atoms with Crippen molar-refractivity contribution in [3.8, 4) is 0 Å². The number of aliphatic hydroxyl groups is 1. The standard InChI is InChI=1S/C11H16O5/c1-7(8(2)12)10(13)16-9-5-3-4-6-15-11(9)14/h8-9,12H,1,3-6H2,2H3. The van der Waals surface area contributed by atoms with Crippen molar-refractivity contribution < 1.29 is 24.2 Å². The van der Waals surface area contributed by atoms with Gasteiger partial charge in [-0.2, -0.15) is 0 Å². The Kier molecular flexibility index (Phi) is 4.49. The monoisotopic (exact) mass is 228 g/mol. The van der Waals surface area contributed by atoms with Gasteiger partial charge >= 0.3 is 11.9 Å². The van der Waals surface area contributed by atoms with Crippen LogP contribution in [0.3, 0.4) is 0 Å². The van der Waals surface area contributed by atoms with Gasteiger partial charge in [0, 0.05) is 0 Å². The Bertz CT molecular complexity index is 295. The number of hydrogen-bond donors (Lipinski definition) is 1. The molecule has 1 fully saturated rings. The Balaban J connectivity index is 2.54. The van der Waals surface area contributed by atoms with E-state index in [0.29, 0.717) is 13.0 Å². The second-order valence-corrected chi connectivity index (χ2v) is 3.76. The van der Waals surface area contributed by atoms with Crippen molar-refractivity contribution in [3.63, 3.8) is 0 Å². The van der Waals surface area contributed by atoms with E-state index >= 15 is 0 Å². The van der Waals surface area contributed by atoms with Crippen molar-refractivity contribution in [2.45, 2.75) is 38.4 Å². The van der Waals surface area contributed by atoms with E-state index in [1.807, 2.05) is 0 Å². The predicted octanol–water partition coefficient (Wildman–Crippen LogP) is 0.562. The number of carbonyl (C=O) groups excluding carboxylic acids is 2. The van der Waals surface area contributed by atoms with Gasteiger partial charge in [0.15, 0.2) is 6.10 Å². The van der Waals surface area contributed by atoms with E-state index in [2.05, 4.69) is 6.58 Å². The molecule has 0 aromatic heterocycles. The van der Waals surface area contributed by atoms with Crippen molar-refractivity contribution in [1.82, 2.24) is 0 Å². The molecular formula is C11H16O5. The second kappa shape index (κ2) is 5.65. The third-order valence-electron chi connectivity index (χ3n) is 2.38. The molecule has 0 aromatic carbocycles. The van der Waals surface area contributed by atoms with Crippen LogP contribution in [0.2, 0.25) is 0 Å². The van der Waals surface area contributed by atoms with Crippen LogP contribution in [0, 0.1) is 0 Å². The van der Waals surface area contributed by atoms with Crippen molar-refractivity contribution in [2.75, 3.05) is 6.61 Å². The Hall–Kier alpha value is -1.36. The molecule has 0 amide bonds. The molecule has 1 rings (SSSR count). The lowest BCUT2D eigenvalue weighted by atomic mass is 10.1. The summed E-state index contributed by atoms with van der Waals surface area (Å²) in [6.07, 6.45) is 0.152. The zero-order valence-electron chi connectivity index (χ0n) is 9.27. The molecule has 5 nitrogen and oxygen atoms in total. The van der Waals surface area contributed by atoms with Crippen LogP contribution in [0.1, 0.15) is 26.2 Å². The van der Waals surface area contributed by atoms with Gasteiger partial charge in [0.1, 0.15) is 0 Å². The predicted molar refractivity (Wildman–Crippen MR) is 55.5 cm³/mol. The van der Waals surface area contributed by atoms with Gasteiger partial charge in [-0.15, -0.1) is 0 Å². The molecule has 0 aromatic rings. The van der Waals surface area contributed by atoms with Crippen molar-refractivity contribution in [2.24, 2.45) is 0 Å². The summed E-state index contributed by atoms with van der Waals surface area (Å²) in [5.41, 5.74) is -0.0583. The van der Waals surface area contributed by atoms with Gasteiger partial charge in [0.25, 0.3) is 0 Å². The second-order valence-electron chi connectivity index (χ2n) is 3.76. The highest BCUT2D eigenvalue weighted by molar-refractivity contribution is 5.90. The van der Waals surface area contributed by atoms with Gasteiger partial charge in [-0.1, -0.05) is 6.58 Å². The van der Waals surface area contributed by atoms with Crippen LogP contribution in [-0.4, -0.2) is 35.9 Å². The minimum absolute atomic E-state index is 0.0583. The third kappa shape index (κ3) is 3.34. The summed E-state index contributed by atoms with van der Waals surface area (Å²) in [6.45, 7) is 5.17. The minimum Gasteiger partial charge on any atom is -0.463 e. The fraction of sp³-hybridized carbons (Fsp3) is 0.636. The summed E-state index contributed by atoms with van der Waals surface area (Å²) in [5.74, 6) is -1.27. The number of cyclic esters (lactones) is 1. The molecule has 1 aliphatic heterocycles. The number of hydrogen-bond acceptors (Lipinski definition) is 5. The van der Waals surface area contributed by atoms with Gasteiger partial charge in [-0.05, 0) is 26.2 Å². The lowest BCUT2D eigenvalue weighted by Crippen LogP contribution is -2.29. The van der Waals surface area contributed by atoms with Crippen LogP contribution in [0.15, 0.2) is 12.2 Å². The first-order valence-corrected chi connectivity index (χ1v) is 5.27. The van der Waals surface area contributed by atoms with E-state index in [1.165, 1.54) is 6.92 Å². The van der Waals surface area contributed by atoms with Gasteiger partial charge in [0.05, 0.1) is 18.3 Å². The molecule has 16 heavy (non-hydrogen) atoms. The molecule has 2 atom stereocenters. The average Bonchev–Trinajstić information content (AvgIpc) is 2.43. The Morgan fingerprint density at radius 3 is 2.94 bits per heavy atom. The molecule has 0 radical (unpaired) electrons. The fourth-order valence-corrected chi connectivity index (χ4v) is 1.30. The summed E-state index contributed by atoms with van der Waals surface area (Å²) in [4.78, 5) is 22.8. The van der Waals surface area contributed by atoms with Crippen LogP contribution in [0.4, 0.5) is 0 Å². The third-order valence-corrected chi connectivity index (χ3v) is 2.38. The number of rotatable bonds is 3. The molecule has 0 bridgehead atoms. The highest BCUT2D eigenvalue weighted by Gasteiger charge is 2.27. The summed E-state index contributed by atoms with van der Waals surface area (Å²) in [6, 6.07) is 0. The average molecular weight is 228 g/mol. The lowest BCUT2D eigenvalue weighted by Gasteiger charge is -2.15. The number of ether oxygens (including phenoxy) is 2. The maximum atomic E-state index is 11.4. The maximum Gasteiger partial charge on any atom is 0.347 e. The van der Waals surface area contributed by atoms with Crippen LogP contribution in [0.25, 0.3) is 0 Å². The zero-order chi connectivity index (χ0) is 12.1. The van der Waals surface area contributed by atoms with Crippen molar-refractivity contribution in [3.05, 3.63) is 12.2 Å². The molecule has 1 N–H and O–H groups in total. The van der Waals surface area contributed by atoms with Crippen LogP contribution >= 0.6 is 0 Å². The summed E-state index contributed by atoms with van der Waals surface area (Å²) < 4.78 is 9.78. The Morgan fingerprint density at radius 1 is 1.62 bits per heavy atom. The van der Waals surface area contributed by atoms with Gasteiger partial charge < -0.3 is 14.6 Å². The lowest BCUT2D eigenvalue weighted by molar-refractivity contribution is -0.165. The minimum atomic E-state index is -0.978. The highest BCUT2D eigenvalue weighted by Crippen LogP contribution is 2.14. The normalized spacial score (nSPS) is 22.9. The van der Waals surface area contributed by atoms with Gasteiger partial charge in [-0.3, -0.25) is 0 Å². The van der Waals surface area contributed by atoms with E-state index in [9.17, 15) is 9.59 Å².